The third-order valence-electron chi connectivity index (χ3n) is 2.52. The average Bonchev–Trinajstić information content (AvgIpc) is 2.40. The van der Waals surface area contributed by atoms with E-state index in [0.717, 1.165) is 0 Å². The van der Waals surface area contributed by atoms with Crippen LogP contribution in [0.2, 0.25) is 0 Å². The normalized spacial score (nSPS) is 16.2. The molecule has 0 saturated carbocycles. The molecule has 17 heavy (non-hydrogen) atoms. The summed E-state index contributed by atoms with van der Waals surface area (Å²) in [4.78, 5) is 11.9. The monoisotopic (exact) mass is 231 g/mol. The Labute approximate surface area is 99.6 Å². The maximum Gasteiger partial charge on any atom is 0.265 e. The topological polar surface area (TPSA) is 65.4 Å². The van der Waals surface area contributed by atoms with E-state index in [-0.39, 0.29) is 5.91 Å². The summed E-state index contributed by atoms with van der Waals surface area (Å²) in [5, 5.41) is 10.6. The predicted octanol–water partition coefficient (Wildman–Crippen LogP) is 0.535. The van der Waals surface area contributed by atoms with Crippen molar-refractivity contribution in [3.63, 3.8) is 0 Å². The molecule has 0 spiro atoms. The number of amides is 1. The summed E-state index contributed by atoms with van der Waals surface area (Å²) >= 11 is 0. The van der Waals surface area contributed by atoms with E-state index in [1.165, 1.54) is 0 Å². The van der Waals surface area contributed by atoms with E-state index in [9.17, 15) is 4.79 Å². The number of nitrogens with one attached hydrogen (secondary N) is 1. The van der Waals surface area contributed by atoms with Gasteiger partial charge in [-0.25, -0.2) is 5.01 Å². The molecule has 1 aliphatic heterocycles. The van der Waals surface area contributed by atoms with Gasteiger partial charge in [0.05, 0.1) is 24.8 Å². The fraction of sp³-hybridized carbons (Fsp3) is 0.333. The molecule has 1 heterocycles. The van der Waals surface area contributed by atoms with Gasteiger partial charge in [0, 0.05) is 18.7 Å². The highest BCUT2D eigenvalue weighted by Gasteiger charge is 2.14. The van der Waals surface area contributed by atoms with Gasteiger partial charge >= 0.3 is 0 Å². The minimum atomic E-state index is -0.191. The highest BCUT2D eigenvalue weighted by Crippen LogP contribution is 2.04. The zero-order valence-electron chi connectivity index (χ0n) is 9.35. The van der Waals surface area contributed by atoms with Crippen LogP contribution < -0.4 is 5.43 Å². The summed E-state index contributed by atoms with van der Waals surface area (Å²) in [5.41, 5.74) is 3.77. The second-order valence-corrected chi connectivity index (χ2v) is 3.73. The van der Waals surface area contributed by atoms with Gasteiger partial charge < -0.3 is 4.74 Å². The number of hydrogen-bond donors (Lipinski definition) is 1. The summed E-state index contributed by atoms with van der Waals surface area (Å²) in [7, 11) is 0. The molecule has 1 amide bonds. The lowest BCUT2D eigenvalue weighted by molar-refractivity contribution is 0.0126. The van der Waals surface area contributed by atoms with Crippen LogP contribution >= 0.6 is 0 Å². The highest BCUT2D eigenvalue weighted by molar-refractivity contribution is 5.94. The second kappa shape index (κ2) is 5.43. The molecule has 0 unspecified atom stereocenters. The summed E-state index contributed by atoms with van der Waals surface area (Å²) < 4.78 is 5.19. The first-order valence-electron chi connectivity index (χ1n) is 5.43. The predicted molar refractivity (Wildman–Crippen MR) is 61.0 cm³/mol. The Kier molecular flexibility index (Phi) is 3.70. The smallest absolute Gasteiger partial charge is 0.265 e. The lowest BCUT2D eigenvalue weighted by atomic mass is 10.1. The minimum Gasteiger partial charge on any atom is -0.379 e. The Morgan fingerprint density at radius 1 is 1.41 bits per heavy atom. The van der Waals surface area contributed by atoms with Crippen LogP contribution in [0.25, 0.3) is 0 Å². The van der Waals surface area contributed by atoms with E-state index < -0.39 is 0 Å². The maximum absolute atomic E-state index is 11.9. The molecule has 1 aromatic carbocycles. The molecule has 1 aromatic rings. The fourth-order valence-corrected chi connectivity index (χ4v) is 1.61. The number of carbonyl (C=O) groups is 1. The summed E-state index contributed by atoms with van der Waals surface area (Å²) in [6.07, 6.45) is 0. The lowest BCUT2D eigenvalue weighted by Gasteiger charge is -2.26. The molecular weight excluding hydrogens is 218 g/mol. The summed E-state index contributed by atoms with van der Waals surface area (Å²) in [6, 6.07) is 8.66. The maximum atomic E-state index is 11.9. The number of morpholine rings is 1. The summed E-state index contributed by atoms with van der Waals surface area (Å²) in [6.45, 7) is 2.62. The van der Waals surface area contributed by atoms with Crippen LogP contribution in [0.3, 0.4) is 0 Å². The number of benzene rings is 1. The quantitative estimate of drug-likeness (QED) is 0.806. The van der Waals surface area contributed by atoms with Crippen molar-refractivity contribution >= 4 is 5.91 Å². The molecule has 0 atom stereocenters. The van der Waals surface area contributed by atoms with Crippen molar-refractivity contribution in [2.75, 3.05) is 26.3 Å². The van der Waals surface area contributed by atoms with E-state index in [2.05, 4.69) is 5.43 Å². The molecular formula is C12H13N3O2. The molecule has 88 valence electrons. The van der Waals surface area contributed by atoms with Crippen molar-refractivity contribution in [3.8, 4) is 6.07 Å². The van der Waals surface area contributed by atoms with Gasteiger partial charge in [-0.15, -0.1) is 0 Å². The first-order chi connectivity index (χ1) is 8.29. The van der Waals surface area contributed by atoms with Crippen molar-refractivity contribution in [2.24, 2.45) is 0 Å². The largest absolute Gasteiger partial charge is 0.379 e. The number of carbonyl (C=O) groups excluding carboxylic acids is 1. The number of rotatable bonds is 2. The molecule has 5 nitrogen and oxygen atoms in total. The second-order valence-electron chi connectivity index (χ2n) is 3.73. The van der Waals surface area contributed by atoms with Crippen LogP contribution in [0.1, 0.15) is 15.9 Å². The number of ether oxygens (including phenoxy) is 1. The summed E-state index contributed by atoms with van der Waals surface area (Å²) in [5.74, 6) is -0.191. The van der Waals surface area contributed by atoms with E-state index in [1.54, 1.807) is 24.3 Å². The van der Waals surface area contributed by atoms with E-state index in [0.29, 0.717) is 37.4 Å². The van der Waals surface area contributed by atoms with E-state index >= 15 is 0 Å². The zero-order chi connectivity index (χ0) is 12.1. The Balaban J connectivity index is 2.01. The van der Waals surface area contributed by atoms with Crippen molar-refractivity contribution in [1.82, 2.24) is 10.4 Å². The number of nitrogens with zero attached hydrogens (tertiary/aromatic N) is 2. The first kappa shape index (κ1) is 11.6. The Morgan fingerprint density at radius 2 is 2.18 bits per heavy atom. The highest BCUT2D eigenvalue weighted by atomic mass is 16.5. The van der Waals surface area contributed by atoms with Gasteiger partial charge in [-0.2, -0.15) is 5.26 Å². The molecule has 0 aromatic heterocycles. The van der Waals surface area contributed by atoms with Gasteiger partial charge in [-0.3, -0.25) is 10.2 Å². The number of hydrogen-bond acceptors (Lipinski definition) is 4. The first-order valence-corrected chi connectivity index (χ1v) is 5.43. The Hall–Kier alpha value is -1.90. The molecule has 0 aliphatic carbocycles. The van der Waals surface area contributed by atoms with Crippen molar-refractivity contribution in [2.45, 2.75) is 0 Å². The third kappa shape index (κ3) is 3.03. The Bertz CT molecular complexity index is 447. The minimum absolute atomic E-state index is 0.191. The van der Waals surface area contributed by atoms with Crippen LogP contribution in [0.5, 0.6) is 0 Å². The van der Waals surface area contributed by atoms with E-state index in [4.69, 9.17) is 10.00 Å². The van der Waals surface area contributed by atoms with Crippen molar-refractivity contribution in [1.29, 1.82) is 5.26 Å². The fourth-order valence-electron chi connectivity index (χ4n) is 1.61. The van der Waals surface area contributed by atoms with E-state index in [1.807, 2.05) is 11.1 Å². The molecule has 1 N–H and O–H groups in total. The van der Waals surface area contributed by atoms with Gasteiger partial charge in [0.25, 0.3) is 5.91 Å². The van der Waals surface area contributed by atoms with Crippen LogP contribution in [0, 0.1) is 11.3 Å². The number of hydrazine groups is 1. The SMILES string of the molecule is N#Cc1cccc(C(=O)NN2CCOCC2)c1. The molecule has 0 radical (unpaired) electrons. The van der Waals surface area contributed by atoms with Gasteiger partial charge in [0.2, 0.25) is 0 Å². The molecule has 1 saturated heterocycles. The molecule has 5 heteroatoms. The lowest BCUT2D eigenvalue weighted by Crippen LogP contribution is -2.48. The standard InChI is InChI=1S/C12H13N3O2/c13-9-10-2-1-3-11(8-10)12(16)14-15-4-6-17-7-5-15/h1-3,8H,4-7H2,(H,14,16). The molecule has 1 aliphatic rings. The van der Waals surface area contributed by atoms with Crippen LogP contribution in [0.15, 0.2) is 24.3 Å². The third-order valence-corrected chi connectivity index (χ3v) is 2.52. The van der Waals surface area contributed by atoms with Crippen molar-refractivity contribution in [3.05, 3.63) is 35.4 Å². The number of nitriles is 1. The van der Waals surface area contributed by atoms with Gasteiger partial charge in [0.1, 0.15) is 0 Å². The van der Waals surface area contributed by atoms with Gasteiger partial charge in [-0.1, -0.05) is 6.07 Å². The van der Waals surface area contributed by atoms with Gasteiger partial charge in [0.15, 0.2) is 0 Å². The molecule has 2 rings (SSSR count). The zero-order valence-corrected chi connectivity index (χ0v) is 9.35. The van der Waals surface area contributed by atoms with Crippen LogP contribution in [0.4, 0.5) is 0 Å². The van der Waals surface area contributed by atoms with Crippen LogP contribution in [-0.4, -0.2) is 37.2 Å². The van der Waals surface area contributed by atoms with Crippen LogP contribution in [-0.2, 0) is 4.74 Å². The Morgan fingerprint density at radius 3 is 2.88 bits per heavy atom. The molecule has 0 bridgehead atoms. The van der Waals surface area contributed by atoms with Gasteiger partial charge in [-0.05, 0) is 18.2 Å². The molecule has 1 fully saturated rings. The van der Waals surface area contributed by atoms with Crippen molar-refractivity contribution < 1.29 is 9.53 Å². The average molecular weight is 231 g/mol.